The van der Waals surface area contributed by atoms with E-state index in [1.54, 1.807) is 14.2 Å². The van der Waals surface area contributed by atoms with Gasteiger partial charge in [-0.15, -0.1) is 11.3 Å². The number of nitrogens with one attached hydrogen (secondary N) is 1. The van der Waals surface area contributed by atoms with Crippen molar-refractivity contribution in [1.29, 1.82) is 0 Å². The molecular weight excluding hydrogens is 392 g/mol. The summed E-state index contributed by atoms with van der Waals surface area (Å²) in [5.74, 6) is 0.492. The van der Waals surface area contributed by atoms with Crippen molar-refractivity contribution < 1.29 is 24.2 Å². The van der Waals surface area contributed by atoms with E-state index in [0.717, 1.165) is 23.4 Å². The zero-order valence-corrected chi connectivity index (χ0v) is 17.7. The lowest BCUT2D eigenvalue weighted by Crippen LogP contribution is -2.32. The molecule has 1 heterocycles. The van der Waals surface area contributed by atoms with Gasteiger partial charge in [-0.05, 0) is 56.7 Å². The monoisotopic (exact) mass is 418 g/mol. The Morgan fingerprint density at radius 3 is 2.48 bits per heavy atom. The van der Waals surface area contributed by atoms with E-state index in [1.165, 1.54) is 11.3 Å². The van der Waals surface area contributed by atoms with Gasteiger partial charge in [-0.1, -0.05) is 0 Å². The second-order valence-corrected chi connectivity index (χ2v) is 8.27. The van der Waals surface area contributed by atoms with Gasteiger partial charge >= 0.3 is 5.97 Å². The quantitative estimate of drug-likeness (QED) is 0.711. The topological polar surface area (TPSA) is 97.8 Å². The molecule has 29 heavy (non-hydrogen) atoms. The fourth-order valence-electron chi connectivity index (χ4n) is 3.63. The van der Waals surface area contributed by atoms with E-state index in [9.17, 15) is 9.59 Å². The molecule has 7 nitrogen and oxygen atoms in total. The molecule has 1 aliphatic carbocycles. The Hall–Kier alpha value is -2.61. The van der Waals surface area contributed by atoms with Crippen LogP contribution in [0.5, 0.6) is 11.5 Å². The number of methoxy groups -OCH3 is 2. The summed E-state index contributed by atoms with van der Waals surface area (Å²) in [4.78, 5) is 28.9. The van der Waals surface area contributed by atoms with Crippen LogP contribution in [0.15, 0.2) is 18.2 Å². The predicted molar refractivity (Wildman–Crippen MR) is 111 cm³/mol. The van der Waals surface area contributed by atoms with Crippen molar-refractivity contribution in [3.05, 3.63) is 28.8 Å². The van der Waals surface area contributed by atoms with Gasteiger partial charge in [0.05, 0.1) is 25.8 Å². The average Bonchev–Trinajstić information content (AvgIpc) is 3.13. The van der Waals surface area contributed by atoms with Gasteiger partial charge in [-0.2, -0.15) is 0 Å². The van der Waals surface area contributed by atoms with Gasteiger partial charge in [0.25, 0.3) is 5.91 Å². The van der Waals surface area contributed by atoms with Crippen molar-refractivity contribution in [2.75, 3.05) is 20.8 Å². The highest BCUT2D eigenvalue weighted by molar-refractivity contribution is 7.17. The molecule has 1 aromatic carbocycles. The van der Waals surface area contributed by atoms with Crippen molar-refractivity contribution in [3.8, 4) is 22.1 Å². The van der Waals surface area contributed by atoms with E-state index < -0.39 is 5.97 Å². The molecule has 1 fully saturated rings. The maximum atomic E-state index is 12.7. The van der Waals surface area contributed by atoms with Crippen molar-refractivity contribution in [3.63, 3.8) is 0 Å². The molecule has 8 heteroatoms. The summed E-state index contributed by atoms with van der Waals surface area (Å²) in [7, 11) is 3.17. The molecule has 1 saturated carbocycles. The van der Waals surface area contributed by atoms with Crippen LogP contribution in [0, 0.1) is 18.8 Å². The molecule has 0 bridgehead atoms. The van der Waals surface area contributed by atoms with E-state index in [4.69, 9.17) is 14.6 Å². The summed E-state index contributed by atoms with van der Waals surface area (Å²) in [6.45, 7) is 2.39. The minimum Gasteiger partial charge on any atom is -0.493 e. The van der Waals surface area contributed by atoms with Gasteiger partial charge in [-0.3, -0.25) is 9.59 Å². The Bertz CT molecular complexity index is 887. The normalized spacial score (nSPS) is 18.9. The first kappa shape index (κ1) is 21.1. The fraction of sp³-hybridized carbons (Fsp3) is 0.476. The third kappa shape index (κ3) is 4.87. The van der Waals surface area contributed by atoms with Gasteiger partial charge in [0, 0.05) is 12.1 Å². The molecule has 156 valence electrons. The Kier molecular flexibility index (Phi) is 6.74. The van der Waals surface area contributed by atoms with Crippen molar-refractivity contribution in [2.24, 2.45) is 11.8 Å². The van der Waals surface area contributed by atoms with Crippen LogP contribution in [0.3, 0.4) is 0 Å². The van der Waals surface area contributed by atoms with Gasteiger partial charge in [0.2, 0.25) is 0 Å². The standard InChI is InChI=1S/C21H26N2O5S/c1-12-18(19(24)22-11-13-4-6-14(7-5-13)21(25)26)29-20(23-12)15-8-9-16(27-2)17(10-15)28-3/h8-10,13-14H,4-7,11H2,1-3H3,(H,22,24)(H,25,26). The number of carbonyl (C=O) groups is 2. The first-order valence-electron chi connectivity index (χ1n) is 9.63. The molecule has 0 aliphatic heterocycles. The fourth-order valence-corrected chi connectivity index (χ4v) is 4.61. The first-order valence-corrected chi connectivity index (χ1v) is 10.5. The average molecular weight is 419 g/mol. The third-order valence-electron chi connectivity index (χ3n) is 5.38. The number of carbonyl (C=O) groups excluding carboxylic acids is 1. The molecule has 2 N–H and O–H groups in total. The number of aromatic nitrogens is 1. The Morgan fingerprint density at radius 2 is 1.86 bits per heavy atom. The Morgan fingerprint density at radius 1 is 1.17 bits per heavy atom. The van der Waals surface area contributed by atoms with Gasteiger partial charge in [-0.25, -0.2) is 4.98 Å². The largest absolute Gasteiger partial charge is 0.493 e. The molecule has 3 rings (SSSR count). The van der Waals surface area contributed by atoms with Gasteiger partial charge < -0.3 is 19.9 Å². The van der Waals surface area contributed by atoms with E-state index in [0.29, 0.717) is 47.4 Å². The molecule has 0 saturated heterocycles. The van der Waals surface area contributed by atoms with Crippen molar-refractivity contribution in [1.82, 2.24) is 10.3 Å². The Balaban J connectivity index is 1.64. The van der Waals surface area contributed by atoms with Crippen LogP contribution in [0.25, 0.3) is 10.6 Å². The number of nitrogens with zero attached hydrogens (tertiary/aromatic N) is 1. The number of benzene rings is 1. The van der Waals surface area contributed by atoms with Crippen LogP contribution in [-0.4, -0.2) is 42.7 Å². The number of hydrogen-bond donors (Lipinski definition) is 2. The van der Waals surface area contributed by atoms with Crippen molar-refractivity contribution >= 4 is 23.2 Å². The number of aryl methyl sites for hydroxylation is 1. The summed E-state index contributed by atoms with van der Waals surface area (Å²) in [5.41, 5.74) is 1.55. The maximum absolute atomic E-state index is 12.7. The van der Waals surface area contributed by atoms with Crippen LogP contribution >= 0.6 is 11.3 Å². The van der Waals surface area contributed by atoms with Gasteiger partial charge in [0.15, 0.2) is 11.5 Å². The zero-order valence-electron chi connectivity index (χ0n) is 16.9. The summed E-state index contributed by atoms with van der Waals surface area (Å²) < 4.78 is 10.6. The number of hydrogen-bond acceptors (Lipinski definition) is 6. The van der Waals surface area contributed by atoms with E-state index in [2.05, 4.69) is 10.3 Å². The lowest BCUT2D eigenvalue weighted by Gasteiger charge is -2.26. The highest BCUT2D eigenvalue weighted by Gasteiger charge is 2.26. The smallest absolute Gasteiger partial charge is 0.306 e. The SMILES string of the molecule is COc1ccc(-c2nc(C)c(C(=O)NCC3CCC(C(=O)O)CC3)s2)cc1OC. The molecule has 0 spiro atoms. The molecular formula is C21H26N2O5S. The number of carboxylic acid groups (broad SMARTS) is 1. The second kappa shape index (κ2) is 9.26. The maximum Gasteiger partial charge on any atom is 0.306 e. The highest BCUT2D eigenvalue weighted by atomic mass is 32.1. The number of rotatable bonds is 7. The van der Waals surface area contributed by atoms with E-state index in [1.807, 2.05) is 25.1 Å². The zero-order chi connectivity index (χ0) is 21.0. The summed E-state index contributed by atoms with van der Waals surface area (Å²) in [5, 5.41) is 12.8. The third-order valence-corrected chi connectivity index (χ3v) is 6.59. The van der Waals surface area contributed by atoms with Crippen LogP contribution in [0.4, 0.5) is 0 Å². The van der Waals surface area contributed by atoms with Crippen LogP contribution in [-0.2, 0) is 4.79 Å². The predicted octanol–water partition coefficient (Wildman–Crippen LogP) is 3.76. The second-order valence-electron chi connectivity index (χ2n) is 7.27. The number of amides is 1. The van der Waals surface area contributed by atoms with Crippen LogP contribution in [0.1, 0.15) is 41.0 Å². The molecule has 0 radical (unpaired) electrons. The number of carboxylic acids is 1. The molecule has 1 amide bonds. The molecule has 1 aliphatic rings. The summed E-state index contributed by atoms with van der Waals surface area (Å²) >= 11 is 1.35. The van der Waals surface area contributed by atoms with Crippen LogP contribution in [0.2, 0.25) is 0 Å². The van der Waals surface area contributed by atoms with E-state index in [-0.39, 0.29) is 11.8 Å². The minimum atomic E-state index is -0.713. The summed E-state index contributed by atoms with van der Waals surface area (Å²) in [6.07, 6.45) is 3.02. The minimum absolute atomic E-state index is 0.132. The highest BCUT2D eigenvalue weighted by Crippen LogP contribution is 2.35. The Labute approximate surface area is 174 Å². The van der Waals surface area contributed by atoms with Crippen molar-refractivity contribution in [2.45, 2.75) is 32.6 Å². The lowest BCUT2D eigenvalue weighted by molar-refractivity contribution is -0.143. The number of ether oxygens (including phenoxy) is 2. The summed E-state index contributed by atoms with van der Waals surface area (Å²) in [6, 6.07) is 5.56. The lowest BCUT2D eigenvalue weighted by atomic mass is 9.82. The molecule has 0 unspecified atom stereocenters. The number of aliphatic carboxylic acids is 1. The van der Waals surface area contributed by atoms with E-state index >= 15 is 0 Å². The molecule has 1 aromatic heterocycles. The molecule has 0 atom stereocenters. The number of thiazole rings is 1. The first-order chi connectivity index (χ1) is 13.9. The van der Waals surface area contributed by atoms with Crippen LogP contribution < -0.4 is 14.8 Å². The molecule has 2 aromatic rings. The van der Waals surface area contributed by atoms with Gasteiger partial charge in [0.1, 0.15) is 9.88 Å².